The molecular formula is C21H20N2O3S. The third-order valence-corrected chi connectivity index (χ3v) is 4.41. The zero-order valence-corrected chi connectivity index (χ0v) is 15.9. The molecule has 1 aliphatic heterocycles. The summed E-state index contributed by atoms with van der Waals surface area (Å²) in [4.78, 5) is 23.5. The fourth-order valence-corrected chi connectivity index (χ4v) is 2.91. The van der Waals surface area contributed by atoms with E-state index in [-0.39, 0.29) is 23.6 Å². The number of benzene rings is 2. The molecule has 1 aliphatic rings. The zero-order valence-electron chi connectivity index (χ0n) is 15.1. The van der Waals surface area contributed by atoms with E-state index < -0.39 is 0 Å². The number of nitrogens with one attached hydrogen (secondary N) is 2. The van der Waals surface area contributed by atoms with Crippen molar-refractivity contribution in [2.75, 3.05) is 5.32 Å². The molecule has 5 nitrogen and oxygen atoms in total. The van der Waals surface area contributed by atoms with Gasteiger partial charge in [-0.15, -0.1) is 0 Å². The van der Waals surface area contributed by atoms with Gasteiger partial charge in [0.05, 0.1) is 5.56 Å². The Kier molecular flexibility index (Phi) is 5.66. The quantitative estimate of drug-likeness (QED) is 0.477. The zero-order chi connectivity index (χ0) is 19.4. The van der Waals surface area contributed by atoms with Crippen LogP contribution < -0.4 is 10.6 Å². The van der Waals surface area contributed by atoms with Crippen LogP contribution in [0.2, 0.25) is 0 Å². The molecule has 2 aromatic rings. The molecule has 1 heterocycles. The number of hydrogen-bond donors (Lipinski definition) is 2. The summed E-state index contributed by atoms with van der Waals surface area (Å²) in [6.07, 6.45) is 3.17. The van der Waals surface area contributed by atoms with Crippen molar-refractivity contribution in [3.05, 3.63) is 70.8 Å². The van der Waals surface area contributed by atoms with Gasteiger partial charge in [-0.25, -0.2) is 4.79 Å². The fourth-order valence-electron chi connectivity index (χ4n) is 2.69. The summed E-state index contributed by atoms with van der Waals surface area (Å²) in [5, 5.41) is 5.72. The van der Waals surface area contributed by atoms with Crippen LogP contribution in [0.3, 0.4) is 0 Å². The van der Waals surface area contributed by atoms with E-state index in [9.17, 15) is 9.59 Å². The van der Waals surface area contributed by atoms with Crippen molar-refractivity contribution in [1.82, 2.24) is 5.32 Å². The molecule has 1 amide bonds. The molecule has 0 aliphatic carbocycles. The third kappa shape index (κ3) is 4.80. The largest absolute Gasteiger partial charge is 0.457 e. The minimum atomic E-state index is -0.320. The van der Waals surface area contributed by atoms with E-state index >= 15 is 0 Å². The molecule has 138 valence electrons. The standard InChI is InChI=1S/C21H20N2O3S/c1-13(2)15-6-3-14(4-7-15)5-10-19(24)23-21(27)22-17-8-9-18-16(11-17)12-26-20(18)25/h3-11,13H,12H2,1-2H3,(H2,22,23,24,27)/b10-5+. The van der Waals surface area contributed by atoms with E-state index in [0.29, 0.717) is 17.2 Å². The first-order chi connectivity index (χ1) is 12.9. The van der Waals surface area contributed by atoms with Gasteiger partial charge < -0.3 is 10.1 Å². The van der Waals surface area contributed by atoms with Crippen molar-refractivity contribution < 1.29 is 14.3 Å². The first-order valence-corrected chi connectivity index (χ1v) is 9.03. The molecule has 0 atom stereocenters. The van der Waals surface area contributed by atoms with Crippen LogP contribution in [0, 0.1) is 0 Å². The highest BCUT2D eigenvalue weighted by molar-refractivity contribution is 7.80. The predicted octanol–water partition coefficient (Wildman–Crippen LogP) is 4.01. The van der Waals surface area contributed by atoms with E-state index in [4.69, 9.17) is 17.0 Å². The summed E-state index contributed by atoms with van der Waals surface area (Å²) in [6.45, 7) is 4.53. The Hall–Kier alpha value is -2.99. The van der Waals surface area contributed by atoms with E-state index in [1.54, 1.807) is 24.3 Å². The fraction of sp³-hybridized carbons (Fsp3) is 0.190. The summed E-state index contributed by atoms with van der Waals surface area (Å²) in [5.74, 6) is -0.169. The number of rotatable bonds is 4. The smallest absolute Gasteiger partial charge is 0.338 e. The molecule has 0 unspecified atom stereocenters. The number of hydrogen-bond acceptors (Lipinski definition) is 4. The number of esters is 1. The highest BCUT2D eigenvalue weighted by Gasteiger charge is 2.21. The lowest BCUT2D eigenvalue weighted by Gasteiger charge is -2.09. The number of cyclic esters (lactones) is 1. The number of anilines is 1. The minimum Gasteiger partial charge on any atom is -0.457 e. The molecule has 0 bridgehead atoms. The molecule has 0 fully saturated rings. The van der Waals surface area contributed by atoms with Crippen molar-refractivity contribution in [2.24, 2.45) is 0 Å². The van der Waals surface area contributed by atoms with Gasteiger partial charge in [0.25, 0.3) is 0 Å². The number of fused-ring (bicyclic) bond motifs is 1. The molecule has 0 saturated heterocycles. The van der Waals surface area contributed by atoms with Crippen LogP contribution in [0.25, 0.3) is 6.08 Å². The van der Waals surface area contributed by atoms with Crippen LogP contribution >= 0.6 is 12.2 Å². The van der Waals surface area contributed by atoms with Gasteiger partial charge >= 0.3 is 5.97 Å². The number of ether oxygens (including phenoxy) is 1. The van der Waals surface area contributed by atoms with Crippen molar-refractivity contribution in [3.8, 4) is 0 Å². The number of thiocarbonyl (C=S) groups is 1. The maximum atomic E-state index is 12.0. The van der Waals surface area contributed by atoms with E-state index in [0.717, 1.165) is 11.1 Å². The van der Waals surface area contributed by atoms with E-state index in [1.165, 1.54) is 11.6 Å². The first kappa shape index (κ1) is 18.8. The van der Waals surface area contributed by atoms with Crippen LogP contribution in [0.1, 0.15) is 46.8 Å². The number of amides is 1. The van der Waals surface area contributed by atoms with Gasteiger partial charge in [0.1, 0.15) is 6.61 Å². The number of carbonyl (C=O) groups is 2. The predicted molar refractivity (Wildman–Crippen MR) is 109 cm³/mol. The second-order valence-corrected chi connectivity index (χ2v) is 6.95. The number of carbonyl (C=O) groups excluding carboxylic acids is 2. The Bertz CT molecular complexity index is 918. The molecular weight excluding hydrogens is 360 g/mol. The summed E-state index contributed by atoms with van der Waals surface area (Å²) in [7, 11) is 0. The summed E-state index contributed by atoms with van der Waals surface area (Å²) in [5.41, 5.74) is 4.23. The lowest BCUT2D eigenvalue weighted by atomic mass is 10.0. The molecule has 0 aromatic heterocycles. The average Bonchev–Trinajstić information content (AvgIpc) is 3.00. The summed E-state index contributed by atoms with van der Waals surface area (Å²) < 4.78 is 4.96. The summed E-state index contributed by atoms with van der Waals surface area (Å²) in [6, 6.07) is 13.2. The Morgan fingerprint density at radius 1 is 1.19 bits per heavy atom. The topological polar surface area (TPSA) is 67.4 Å². The average molecular weight is 380 g/mol. The molecule has 2 aromatic carbocycles. The van der Waals surface area contributed by atoms with Crippen molar-refractivity contribution in [2.45, 2.75) is 26.4 Å². The van der Waals surface area contributed by atoms with Crippen LogP contribution in [-0.4, -0.2) is 17.0 Å². The monoisotopic (exact) mass is 380 g/mol. The van der Waals surface area contributed by atoms with Crippen LogP contribution in [0.15, 0.2) is 48.5 Å². The molecule has 27 heavy (non-hydrogen) atoms. The Morgan fingerprint density at radius 2 is 1.93 bits per heavy atom. The molecule has 0 radical (unpaired) electrons. The maximum Gasteiger partial charge on any atom is 0.338 e. The van der Waals surface area contributed by atoms with Gasteiger partial charge in [0.2, 0.25) is 5.91 Å². The lowest BCUT2D eigenvalue weighted by Crippen LogP contribution is -2.32. The van der Waals surface area contributed by atoms with Crippen molar-refractivity contribution in [1.29, 1.82) is 0 Å². The highest BCUT2D eigenvalue weighted by atomic mass is 32.1. The molecule has 3 rings (SSSR count). The Morgan fingerprint density at radius 3 is 2.63 bits per heavy atom. The molecule has 6 heteroatoms. The van der Waals surface area contributed by atoms with Gasteiger partial charge in [0.15, 0.2) is 5.11 Å². The van der Waals surface area contributed by atoms with Crippen molar-refractivity contribution >= 4 is 41.0 Å². The van der Waals surface area contributed by atoms with E-state index in [2.05, 4.69) is 36.6 Å². The minimum absolute atomic E-state index is 0.185. The van der Waals surface area contributed by atoms with Crippen LogP contribution in [0.4, 0.5) is 5.69 Å². The molecule has 2 N–H and O–H groups in total. The van der Waals surface area contributed by atoms with Gasteiger partial charge in [-0.2, -0.15) is 0 Å². The van der Waals surface area contributed by atoms with Gasteiger partial charge in [-0.3, -0.25) is 10.1 Å². The lowest BCUT2D eigenvalue weighted by molar-refractivity contribution is -0.115. The van der Waals surface area contributed by atoms with E-state index in [1.807, 2.05) is 12.1 Å². The van der Waals surface area contributed by atoms with Crippen LogP contribution in [-0.2, 0) is 16.1 Å². The first-order valence-electron chi connectivity index (χ1n) is 8.62. The van der Waals surface area contributed by atoms with Gasteiger partial charge in [0, 0.05) is 17.3 Å². The maximum absolute atomic E-state index is 12.0. The van der Waals surface area contributed by atoms with Crippen molar-refractivity contribution in [3.63, 3.8) is 0 Å². The second kappa shape index (κ2) is 8.14. The van der Waals surface area contributed by atoms with Crippen LogP contribution in [0.5, 0.6) is 0 Å². The third-order valence-electron chi connectivity index (χ3n) is 4.21. The van der Waals surface area contributed by atoms with Gasteiger partial charge in [-0.1, -0.05) is 38.1 Å². The van der Waals surface area contributed by atoms with Gasteiger partial charge in [-0.05, 0) is 53.5 Å². The SMILES string of the molecule is CC(C)c1ccc(/C=C/C(=O)NC(=S)Nc2ccc3c(c2)COC3=O)cc1. The molecule has 0 spiro atoms. The normalized spacial score (nSPS) is 12.8. The second-order valence-electron chi connectivity index (χ2n) is 6.55. The highest BCUT2D eigenvalue weighted by Crippen LogP contribution is 2.23. The molecule has 0 saturated carbocycles. The Balaban J connectivity index is 1.54. The summed E-state index contributed by atoms with van der Waals surface area (Å²) >= 11 is 5.16. The Labute approximate surface area is 163 Å².